The molecule has 2 rings (SSSR count). The Morgan fingerprint density at radius 3 is 2.65 bits per heavy atom. The molecule has 0 radical (unpaired) electrons. The van der Waals surface area contributed by atoms with Gasteiger partial charge in [0.2, 0.25) is 5.91 Å². The van der Waals surface area contributed by atoms with Crippen LogP contribution in [0.25, 0.3) is 0 Å². The van der Waals surface area contributed by atoms with Gasteiger partial charge in [-0.3, -0.25) is 4.79 Å². The van der Waals surface area contributed by atoms with E-state index in [1.165, 1.54) is 19.3 Å². The normalized spacial score (nSPS) is 31.9. The second kappa shape index (κ2) is 7.38. The number of nitrogens with zero attached hydrogens (tertiary/aromatic N) is 1. The van der Waals surface area contributed by atoms with Gasteiger partial charge in [-0.1, -0.05) is 6.42 Å². The van der Waals surface area contributed by atoms with Crippen molar-refractivity contribution in [3.8, 4) is 0 Å². The zero-order valence-corrected chi connectivity index (χ0v) is 12.8. The molecule has 116 valence electrons. The number of methoxy groups -OCH3 is 1. The third-order valence-corrected chi connectivity index (χ3v) is 4.89. The zero-order chi connectivity index (χ0) is 14.5. The minimum atomic E-state index is -0.398. The lowest BCUT2D eigenvalue weighted by molar-refractivity contribution is -0.124. The maximum Gasteiger partial charge on any atom is 0.237 e. The fourth-order valence-electron chi connectivity index (χ4n) is 3.62. The van der Waals surface area contributed by atoms with Crippen molar-refractivity contribution in [1.82, 2.24) is 10.2 Å². The number of carbonyl (C=O) groups excluding carboxylic acids is 1. The van der Waals surface area contributed by atoms with Crippen LogP contribution in [0.4, 0.5) is 0 Å². The van der Waals surface area contributed by atoms with Gasteiger partial charge in [0.15, 0.2) is 0 Å². The average Bonchev–Trinajstić information content (AvgIpc) is 2.40. The van der Waals surface area contributed by atoms with Gasteiger partial charge >= 0.3 is 0 Å². The Bertz CT molecular complexity index is 310. The van der Waals surface area contributed by atoms with Gasteiger partial charge in [-0.05, 0) is 45.6 Å². The minimum Gasteiger partial charge on any atom is -0.385 e. The van der Waals surface area contributed by atoms with E-state index in [1.807, 2.05) is 0 Å². The van der Waals surface area contributed by atoms with E-state index in [9.17, 15) is 4.79 Å². The summed E-state index contributed by atoms with van der Waals surface area (Å²) >= 11 is 0. The van der Waals surface area contributed by atoms with Crippen molar-refractivity contribution in [3.63, 3.8) is 0 Å². The van der Waals surface area contributed by atoms with E-state index in [2.05, 4.69) is 17.3 Å². The Kier molecular flexibility index (Phi) is 5.81. The molecule has 0 aromatic carbocycles. The first-order chi connectivity index (χ1) is 9.61. The Labute approximate surface area is 122 Å². The molecule has 2 fully saturated rings. The van der Waals surface area contributed by atoms with E-state index < -0.39 is 6.04 Å². The monoisotopic (exact) mass is 283 g/mol. The quantitative estimate of drug-likeness (QED) is 0.710. The summed E-state index contributed by atoms with van der Waals surface area (Å²) in [7, 11) is 3.89. The Morgan fingerprint density at radius 1 is 1.40 bits per heavy atom. The van der Waals surface area contributed by atoms with Gasteiger partial charge in [0.1, 0.15) is 0 Å². The van der Waals surface area contributed by atoms with Crippen LogP contribution < -0.4 is 11.1 Å². The summed E-state index contributed by atoms with van der Waals surface area (Å²) < 4.78 is 4.99. The number of nitrogens with one attached hydrogen (secondary N) is 1. The van der Waals surface area contributed by atoms with E-state index in [0.29, 0.717) is 31.2 Å². The summed E-state index contributed by atoms with van der Waals surface area (Å²) in [6, 6.07) is 1.18. The molecular formula is C15H29N3O2. The van der Waals surface area contributed by atoms with Crippen molar-refractivity contribution >= 4 is 5.91 Å². The van der Waals surface area contributed by atoms with Crippen molar-refractivity contribution in [2.24, 2.45) is 5.73 Å². The van der Waals surface area contributed by atoms with E-state index in [4.69, 9.17) is 10.5 Å². The summed E-state index contributed by atoms with van der Waals surface area (Å²) in [6.45, 7) is 0.666. The van der Waals surface area contributed by atoms with Crippen LogP contribution in [0.3, 0.4) is 0 Å². The number of nitrogens with two attached hydrogens (primary N) is 1. The summed E-state index contributed by atoms with van der Waals surface area (Å²) in [6.07, 6.45) is 7.53. The Morgan fingerprint density at radius 2 is 2.05 bits per heavy atom. The first-order valence-electron chi connectivity index (χ1n) is 7.88. The zero-order valence-electron chi connectivity index (χ0n) is 12.8. The van der Waals surface area contributed by atoms with Crippen molar-refractivity contribution in [1.29, 1.82) is 0 Å². The van der Waals surface area contributed by atoms with Gasteiger partial charge in [0.25, 0.3) is 0 Å². The predicted octanol–water partition coefficient (Wildman–Crippen LogP) is 0.872. The Balaban J connectivity index is 1.77. The predicted molar refractivity (Wildman–Crippen MR) is 79.4 cm³/mol. The SMILES string of the molecule is COCCCC(N)C(=O)NC1CC2CCCC(C1)N2C. The first-order valence-corrected chi connectivity index (χ1v) is 7.88. The number of carbonyl (C=O) groups is 1. The van der Waals surface area contributed by atoms with Gasteiger partial charge in [-0.25, -0.2) is 0 Å². The van der Waals surface area contributed by atoms with Crippen molar-refractivity contribution < 1.29 is 9.53 Å². The van der Waals surface area contributed by atoms with E-state index in [0.717, 1.165) is 19.3 Å². The maximum absolute atomic E-state index is 12.1. The summed E-state index contributed by atoms with van der Waals surface area (Å²) in [4.78, 5) is 14.6. The maximum atomic E-state index is 12.1. The molecule has 3 unspecified atom stereocenters. The molecule has 0 aliphatic carbocycles. The summed E-state index contributed by atoms with van der Waals surface area (Å²) in [5.74, 6) is 0.00808. The highest BCUT2D eigenvalue weighted by atomic mass is 16.5. The van der Waals surface area contributed by atoms with Gasteiger partial charge in [-0.2, -0.15) is 0 Å². The molecule has 0 aromatic rings. The lowest BCUT2D eigenvalue weighted by atomic mass is 9.82. The third-order valence-electron chi connectivity index (χ3n) is 4.89. The van der Waals surface area contributed by atoms with E-state index >= 15 is 0 Å². The molecule has 5 heteroatoms. The molecule has 3 N–H and O–H groups in total. The van der Waals surface area contributed by atoms with Gasteiger partial charge in [0.05, 0.1) is 6.04 Å². The van der Waals surface area contributed by atoms with Crippen LogP contribution in [0.5, 0.6) is 0 Å². The van der Waals surface area contributed by atoms with E-state index in [-0.39, 0.29) is 5.91 Å². The van der Waals surface area contributed by atoms with Crippen molar-refractivity contribution in [3.05, 3.63) is 0 Å². The van der Waals surface area contributed by atoms with Crippen molar-refractivity contribution in [2.45, 2.75) is 69.1 Å². The van der Waals surface area contributed by atoms with Crippen LogP contribution in [0.1, 0.15) is 44.9 Å². The Hall–Kier alpha value is -0.650. The molecule has 2 aliphatic heterocycles. The standard InChI is InChI=1S/C15H29N3O2/c1-18-12-5-3-6-13(18)10-11(9-12)17-15(19)14(16)7-4-8-20-2/h11-14H,3-10,16H2,1-2H3,(H,17,19). The van der Waals surface area contributed by atoms with Crippen LogP contribution in [-0.2, 0) is 9.53 Å². The molecule has 0 saturated carbocycles. The molecule has 3 atom stereocenters. The molecule has 2 saturated heterocycles. The fraction of sp³-hybridized carbons (Fsp3) is 0.933. The second-order valence-corrected chi connectivity index (χ2v) is 6.32. The van der Waals surface area contributed by atoms with Gasteiger partial charge in [0, 0.05) is 31.8 Å². The number of hydrogen-bond donors (Lipinski definition) is 2. The highest BCUT2D eigenvalue weighted by Crippen LogP contribution is 2.32. The smallest absolute Gasteiger partial charge is 0.237 e. The van der Waals surface area contributed by atoms with Crippen LogP contribution in [0, 0.1) is 0 Å². The van der Waals surface area contributed by atoms with Crippen LogP contribution in [-0.4, -0.2) is 55.7 Å². The van der Waals surface area contributed by atoms with E-state index in [1.54, 1.807) is 7.11 Å². The van der Waals surface area contributed by atoms with Crippen LogP contribution in [0.15, 0.2) is 0 Å². The second-order valence-electron chi connectivity index (χ2n) is 6.32. The largest absolute Gasteiger partial charge is 0.385 e. The summed E-state index contributed by atoms with van der Waals surface area (Å²) in [5.41, 5.74) is 5.94. The number of ether oxygens (including phenoxy) is 1. The minimum absolute atomic E-state index is 0.00808. The number of fused-ring (bicyclic) bond motifs is 2. The third kappa shape index (κ3) is 3.93. The highest BCUT2D eigenvalue weighted by molar-refractivity contribution is 5.81. The molecule has 2 aliphatic rings. The lowest BCUT2D eigenvalue weighted by Crippen LogP contribution is -2.56. The van der Waals surface area contributed by atoms with Crippen molar-refractivity contribution in [2.75, 3.05) is 20.8 Å². The number of rotatable bonds is 6. The van der Waals surface area contributed by atoms with Crippen LogP contribution in [0.2, 0.25) is 0 Å². The molecule has 20 heavy (non-hydrogen) atoms. The lowest BCUT2D eigenvalue weighted by Gasteiger charge is -2.47. The average molecular weight is 283 g/mol. The fourth-order valence-corrected chi connectivity index (χ4v) is 3.62. The molecule has 2 bridgehead atoms. The molecular weight excluding hydrogens is 254 g/mol. The summed E-state index contributed by atoms with van der Waals surface area (Å²) in [5, 5.41) is 3.16. The molecule has 0 spiro atoms. The molecule has 0 aromatic heterocycles. The molecule has 5 nitrogen and oxygen atoms in total. The first kappa shape index (κ1) is 15.7. The number of piperidine rings is 2. The highest BCUT2D eigenvalue weighted by Gasteiger charge is 2.36. The molecule has 1 amide bonds. The van der Waals surface area contributed by atoms with Crippen LogP contribution >= 0.6 is 0 Å². The topological polar surface area (TPSA) is 67.6 Å². The molecule has 2 heterocycles. The number of hydrogen-bond acceptors (Lipinski definition) is 4. The van der Waals surface area contributed by atoms with Gasteiger partial charge < -0.3 is 20.7 Å². The van der Waals surface area contributed by atoms with Gasteiger partial charge in [-0.15, -0.1) is 0 Å². The number of amides is 1.